The molecule has 0 atom stereocenters. The van der Waals surface area contributed by atoms with E-state index in [4.69, 9.17) is 16.1 Å². The number of aromatic nitrogens is 2. The van der Waals surface area contributed by atoms with Crippen molar-refractivity contribution in [3.05, 3.63) is 70.8 Å². The lowest BCUT2D eigenvalue weighted by Gasteiger charge is -2.15. The summed E-state index contributed by atoms with van der Waals surface area (Å²) in [5.74, 6) is 0.00515. The van der Waals surface area contributed by atoms with Crippen LogP contribution in [-0.2, 0) is 17.8 Å². The van der Waals surface area contributed by atoms with Crippen molar-refractivity contribution in [3.63, 3.8) is 0 Å². The molecule has 1 heterocycles. The van der Waals surface area contributed by atoms with E-state index < -0.39 is 5.82 Å². The zero-order valence-corrected chi connectivity index (χ0v) is 14.2. The highest BCUT2D eigenvalue weighted by atomic mass is 35.5. The van der Waals surface area contributed by atoms with E-state index in [1.807, 2.05) is 30.3 Å². The minimum Gasteiger partial charge on any atom is -0.337 e. The van der Waals surface area contributed by atoms with Crippen LogP contribution in [0.5, 0.6) is 0 Å². The molecule has 0 saturated carbocycles. The summed E-state index contributed by atoms with van der Waals surface area (Å²) in [5, 5.41) is 4.20. The lowest BCUT2D eigenvalue weighted by atomic mass is 10.1. The van der Waals surface area contributed by atoms with Crippen molar-refractivity contribution in [2.24, 2.45) is 0 Å². The fourth-order valence-corrected chi connectivity index (χ4v) is 2.44. The Kier molecular flexibility index (Phi) is 5.09. The quantitative estimate of drug-likeness (QED) is 0.696. The predicted octanol–water partition coefficient (Wildman–Crippen LogP) is 3.73. The average molecular weight is 360 g/mol. The molecule has 5 nitrogen and oxygen atoms in total. The van der Waals surface area contributed by atoms with Crippen LogP contribution in [0, 0.1) is 5.82 Å². The number of hydrogen-bond donors (Lipinski definition) is 0. The maximum Gasteiger partial charge on any atom is 0.246 e. The largest absolute Gasteiger partial charge is 0.337 e. The summed E-state index contributed by atoms with van der Waals surface area (Å²) in [4.78, 5) is 18.0. The molecule has 0 saturated heterocycles. The maximum absolute atomic E-state index is 13.8. The van der Waals surface area contributed by atoms with E-state index in [2.05, 4.69) is 10.1 Å². The van der Waals surface area contributed by atoms with E-state index in [0.29, 0.717) is 16.7 Å². The molecule has 0 fully saturated rings. The summed E-state index contributed by atoms with van der Waals surface area (Å²) in [5.41, 5.74) is 1.12. The first kappa shape index (κ1) is 17.1. The van der Waals surface area contributed by atoms with E-state index in [1.54, 1.807) is 13.1 Å². The van der Waals surface area contributed by atoms with Gasteiger partial charge in [-0.05, 0) is 17.7 Å². The highest BCUT2D eigenvalue weighted by Crippen LogP contribution is 2.17. The SMILES string of the molecule is CN(Cc1nc(-c2ccccc2)no1)C(=O)Cc1ccc(Cl)cc1F. The molecule has 3 aromatic rings. The van der Waals surface area contributed by atoms with Crippen molar-refractivity contribution < 1.29 is 13.7 Å². The number of carbonyl (C=O) groups excluding carboxylic acids is 1. The van der Waals surface area contributed by atoms with Crippen molar-refractivity contribution in [3.8, 4) is 11.4 Å². The molecule has 0 bridgehead atoms. The summed E-state index contributed by atoms with van der Waals surface area (Å²) in [6.07, 6.45) is -0.0703. The van der Waals surface area contributed by atoms with Gasteiger partial charge in [-0.3, -0.25) is 4.79 Å². The Labute approximate surface area is 149 Å². The Morgan fingerprint density at radius 2 is 2.00 bits per heavy atom. The minimum atomic E-state index is -0.501. The molecule has 1 amide bonds. The zero-order valence-electron chi connectivity index (χ0n) is 13.4. The Bertz CT molecular complexity index is 883. The Morgan fingerprint density at radius 3 is 2.72 bits per heavy atom. The van der Waals surface area contributed by atoms with Gasteiger partial charge in [-0.25, -0.2) is 4.39 Å². The number of likely N-dealkylation sites (N-methyl/N-ethyl adjacent to an activating group) is 1. The zero-order chi connectivity index (χ0) is 17.8. The van der Waals surface area contributed by atoms with Crippen LogP contribution in [0.2, 0.25) is 5.02 Å². The highest BCUT2D eigenvalue weighted by Gasteiger charge is 2.16. The van der Waals surface area contributed by atoms with Crippen LogP contribution in [0.1, 0.15) is 11.5 Å². The summed E-state index contributed by atoms with van der Waals surface area (Å²) < 4.78 is 19.0. The maximum atomic E-state index is 13.8. The van der Waals surface area contributed by atoms with Crippen LogP contribution in [0.25, 0.3) is 11.4 Å². The van der Waals surface area contributed by atoms with Crippen molar-refractivity contribution in [1.82, 2.24) is 15.0 Å². The third-order valence-electron chi connectivity index (χ3n) is 3.66. The van der Waals surface area contributed by atoms with Crippen molar-refractivity contribution in [2.75, 3.05) is 7.05 Å². The van der Waals surface area contributed by atoms with Crippen LogP contribution < -0.4 is 0 Å². The minimum absolute atomic E-state index is 0.0703. The molecule has 7 heteroatoms. The first-order chi connectivity index (χ1) is 12.0. The summed E-state index contributed by atoms with van der Waals surface area (Å²) in [6.45, 7) is 0.147. The van der Waals surface area contributed by atoms with Crippen LogP contribution in [0.4, 0.5) is 4.39 Å². The molecule has 0 spiro atoms. The number of benzene rings is 2. The first-order valence-corrected chi connectivity index (χ1v) is 7.96. The van der Waals surface area contributed by atoms with Gasteiger partial charge in [-0.1, -0.05) is 53.2 Å². The van der Waals surface area contributed by atoms with Crippen LogP contribution >= 0.6 is 11.6 Å². The number of carbonyl (C=O) groups is 1. The fraction of sp³-hybridized carbons (Fsp3) is 0.167. The van der Waals surface area contributed by atoms with Crippen LogP contribution in [0.15, 0.2) is 53.1 Å². The van der Waals surface area contributed by atoms with Gasteiger partial charge >= 0.3 is 0 Å². The van der Waals surface area contributed by atoms with E-state index in [0.717, 1.165) is 5.56 Å². The van der Waals surface area contributed by atoms with Gasteiger partial charge in [0.2, 0.25) is 17.6 Å². The second-order valence-corrected chi connectivity index (χ2v) is 5.98. The topological polar surface area (TPSA) is 59.2 Å². The molecular weight excluding hydrogens is 345 g/mol. The molecule has 0 radical (unpaired) electrons. The molecule has 1 aromatic heterocycles. The van der Waals surface area contributed by atoms with Crippen molar-refractivity contribution >= 4 is 17.5 Å². The third kappa shape index (κ3) is 4.22. The van der Waals surface area contributed by atoms with Gasteiger partial charge in [0.15, 0.2) is 0 Å². The molecule has 0 aliphatic rings. The lowest BCUT2D eigenvalue weighted by Crippen LogP contribution is -2.28. The van der Waals surface area contributed by atoms with Crippen molar-refractivity contribution in [1.29, 1.82) is 0 Å². The first-order valence-electron chi connectivity index (χ1n) is 7.59. The number of nitrogens with zero attached hydrogens (tertiary/aromatic N) is 3. The van der Waals surface area contributed by atoms with Gasteiger partial charge in [0.05, 0.1) is 13.0 Å². The Morgan fingerprint density at radius 1 is 1.24 bits per heavy atom. The molecule has 0 N–H and O–H groups in total. The second-order valence-electron chi connectivity index (χ2n) is 5.54. The van der Waals surface area contributed by atoms with Gasteiger partial charge in [-0.15, -0.1) is 0 Å². The van der Waals surface area contributed by atoms with E-state index in [1.165, 1.54) is 17.0 Å². The standard InChI is InChI=1S/C18H15ClFN3O2/c1-23(17(24)9-13-7-8-14(19)10-15(13)20)11-16-21-18(22-25-16)12-5-3-2-4-6-12/h2-8,10H,9,11H2,1H3. The van der Waals surface area contributed by atoms with Crippen LogP contribution in [0.3, 0.4) is 0 Å². The lowest BCUT2D eigenvalue weighted by molar-refractivity contribution is -0.130. The van der Waals surface area contributed by atoms with E-state index in [-0.39, 0.29) is 24.4 Å². The smallest absolute Gasteiger partial charge is 0.246 e. The molecule has 0 aliphatic carbocycles. The van der Waals surface area contributed by atoms with E-state index in [9.17, 15) is 9.18 Å². The molecule has 2 aromatic carbocycles. The molecule has 25 heavy (non-hydrogen) atoms. The van der Waals surface area contributed by atoms with Gasteiger partial charge < -0.3 is 9.42 Å². The van der Waals surface area contributed by atoms with Gasteiger partial charge in [0.1, 0.15) is 5.82 Å². The number of amides is 1. The normalized spacial score (nSPS) is 10.7. The van der Waals surface area contributed by atoms with Crippen LogP contribution in [-0.4, -0.2) is 28.0 Å². The van der Waals surface area contributed by atoms with Gasteiger partial charge in [0, 0.05) is 17.6 Å². The molecule has 0 aliphatic heterocycles. The number of hydrogen-bond acceptors (Lipinski definition) is 4. The molecule has 3 rings (SSSR count). The third-order valence-corrected chi connectivity index (χ3v) is 3.89. The Hall–Kier alpha value is -2.73. The molecule has 0 unspecified atom stereocenters. The fourth-order valence-electron chi connectivity index (χ4n) is 2.28. The van der Waals surface area contributed by atoms with Crippen molar-refractivity contribution in [2.45, 2.75) is 13.0 Å². The summed E-state index contributed by atoms with van der Waals surface area (Å²) in [7, 11) is 1.60. The summed E-state index contributed by atoms with van der Waals surface area (Å²) >= 11 is 5.71. The van der Waals surface area contributed by atoms with Gasteiger partial charge in [-0.2, -0.15) is 4.98 Å². The van der Waals surface area contributed by atoms with Gasteiger partial charge in [0.25, 0.3) is 0 Å². The monoisotopic (exact) mass is 359 g/mol. The molecular formula is C18H15ClFN3O2. The predicted molar refractivity (Wildman–Crippen MR) is 91.3 cm³/mol. The van der Waals surface area contributed by atoms with E-state index >= 15 is 0 Å². The highest BCUT2D eigenvalue weighted by molar-refractivity contribution is 6.30. The average Bonchev–Trinajstić information content (AvgIpc) is 3.06. The Balaban J connectivity index is 1.65. The molecule has 128 valence electrons. The number of rotatable bonds is 5. The summed E-state index contributed by atoms with van der Waals surface area (Å²) in [6, 6.07) is 13.6. The second kappa shape index (κ2) is 7.44. The number of halogens is 2.